The van der Waals surface area contributed by atoms with Crippen molar-refractivity contribution in [3.05, 3.63) is 35.0 Å². The minimum Gasteiger partial charge on any atom is -0.462 e. The summed E-state index contributed by atoms with van der Waals surface area (Å²) in [6.07, 6.45) is -3.73. The molecule has 1 nitrogen and oxygen atoms in total. The van der Waals surface area contributed by atoms with E-state index in [2.05, 4.69) is 0 Å². The van der Waals surface area contributed by atoms with E-state index in [4.69, 9.17) is 16.0 Å². The third-order valence-electron chi connectivity index (χ3n) is 1.86. The number of hydrogen-bond acceptors (Lipinski definition) is 1. The molecule has 1 aromatic heterocycles. The Balaban J connectivity index is 2.76. The van der Waals surface area contributed by atoms with Gasteiger partial charge in [-0.2, -0.15) is 13.2 Å². The Bertz CT molecular complexity index is 472. The van der Waals surface area contributed by atoms with Crippen molar-refractivity contribution in [2.75, 3.05) is 0 Å². The predicted molar refractivity (Wildman–Crippen MR) is 46.2 cm³/mol. The van der Waals surface area contributed by atoms with Crippen LogP contribution in [0.1, 0.15) is 5.56 Å². The molecule has 0 saturated carbocycles. The molecule has 0 aliphatic rings. The van der Waals surface area contributed by atoms with E-state index in [1.54, 1.807) is 0 Å². The van der Waals surface area contributed by atoms with Crippen LogP contribution < -0.4 is 0 Å². The van der Waals surface area contributed by atoms with Crippen molar-refractivity contribution < 1.29 is 17.6 Å². The van der Waals surface area contributed by atoms with Gasteiger partial charge in [0.25, 0.3) is 0 Å². The number of fused-ring (bicyclic) bond motifs is 1. The first kappa shape index (κ1) is 9.40. The second-order valence-corrected chi connectivity index (χ2v) is 3.17. The molecule has 0 saturated heterocycles. The van der Waals surface area contributed by atoms with Crippen LogP contribution in [-0.4, -0.2) is 0 Å². The number of furan rings is 1. The van der Waals surface area contributed by atoms with E-state index in [0.29, 0.717) is 6.26 Å². The zero-order chi connectivity index (χ0) is 10.3. The number of rotatable bonds is 0. The lowest BCUT2D eigenvalue weighted by molar-refractivity contribution is -0.136. The molecular weight excluding hydrogens is 217 g/mol. The first-order chi connectivity index (χ1) is 6.50. The SMILES string of the molecule is FC(F)(F)c1coc2c(Cl)cccc12. The molecule has 0 unspecified atom stereocenters. The van der Waals surface area contributed by atoms with Crippen molar-refractivity contribution in [2.24, 2.45) is 0 Å². The molecule has 74 valence electrons. The van der Waals surface area contributed by atoms with Crippen LogP contribution in [0.4, 0.5) is 13.2 Å². The summed E-state index contributed by atoms with van der Waals surface area (Å²) >= 11 is 5.66. The molecule has 0 aliphatic carbocycles. The molecule has 5 heteroatoms. The van der Waals surface area contributed by atoms with E-state index in [9.17, 15) is 13.2 Å². The summed E-state index contributed by atoms with van der Waals surface area (Å²) in [6, 6.07) is 4.26. The summed E-state index contributed by atoms with van der Waals surface area (Å²) < 4.78 is 41.9. The third kappa shape index (κ3) is 1.35. The average Bonchev–Trinajstić information content (AvgIpc) is 2.47. The molecule has 1 aromatic carbocycles. The fraction of sp³-hybridized carbons (Fsp3) is 0.111. The van der Waals surface area contributed by atoms with E-state index in [1.165, 1.54) is 18.2 Å². The van der Waals surface area contributed by atoms with Gasteiger partial charge in [0.1, 0.15) is 11.8 Å². The van der Waals surface area contributed by atoms with Gasteiger partial charge in [0.2, 0.25) is 0 Å². The molecule has 0 atom stereocenters. The van der Waals surface area contributed by atoms with Gasteiger partial charge < -0.3 is 4.42 Å². The number of halogens is 4. The van der Waals surface area contributed by atoms with Gasteiger partial charge in [-0.05, 0) is 6.07 Å². The maximum Gasteiger partial charge on any atom is 0.420 e. The molecule has 2 aromatic rings. The predicted octanol–water partition coefficient (Wildman–Crippen LogP) is 4.11. The Kier molecular flexibility index (Phi) is 1.96. The van der Waals surface area contributed by atoms with Crippen molar-refractivity contribution in [3.63, 3.8) is 0 Å². The number of para-hydroxylation sites is 1. The Morgan fingerprint density at radius 2 is 1.93 bits per heavy atom. The molecule has 0 radical (unpaired) electrons. The minimum atomic E-state index is -4.41. The minimum absolute atomic E-state index is 0.00926. The van der Waals surface area contributed by atoms with Crippen LogP contribution in [0.15, 0.2) is 28.9 Å². The summed E-state index contributed by atoms with van der Waals surface area (Å²) in [4.78, 5) is 0. The van der Waals surface area contributed by atoms with E-state index in [1.807, 2.05) is 0 Å². The van der Waals surface area contributed by atoms with E-state index in [0.717, 1.165) is 0 Å². The lowest BCUT2D eigenvalue weighted by atomic mass is 10.2. The van der Waals surface area contributed by atoms with E-state index < -0.39 is 11.7 Å². The smallest absolute Gasteiger partial charge is 0.420 e. The molecule has 2 rings (SSSR count). The highest BCUT2D eigenvalue weighted by molar-refractivity contribution is 6.34. The number of hydrogen-bond donors (Lipinski definition) is 0. The van der Waals surface area contributed by atoms with Gasteiger partial charge in [0.15, 0.2) is 5.58 Å². The van der Waals surface area contributed by atoms with Gasteiger partial charge in [-0.15, -0.1) is 0 Å². The van der Waals surface area contributed by atoms with Crippen LogP contribution in [0.3, 0.4) is 0 Å². The van der Waals surface area contributed by atoms with Gasteiger partial charge in [-0.25, -0.2) is 0 Å². The summed E-state index contributed by atoms with van der Waals surface area (Å²) in [5, 5.41) is 0.169. The van der Waals surface area contributed by atoms with Gasteiger partial charge >= 0.3 is 6.18 Å². The monoisotopic (exact) mass is 220 g/mol. The van der Waals surface area contributed by atoms with Crippen molar-refractivity contribution in [1.82, 2.24) is 0 Å². The lowest BCUT2D eigenvalue weighted by Crippen LogP contribution is -2.02. The molecule has 0 N–H and O–H groups in total. The van der Waals surface area contributed by atoms with E-state index in [-0.39, 0.29) is 16.0 Å². The lowest BCUT2D eigenvalue weighted by Gasteiger charge is -2.02. The first-order valence-corrected chi connectivity index (χ1v) is 4.11. The maximum absolute atomic E-state index is 12.4. The fourth-order valence-electron chi connectivity index (χ4n) is 1.24. The maximum atomic E-state index is 12.4. The van der Waals surface area contributed by atoms with Crippen LogP contribution in [-0.2, 0) is 6.18 Å². The summed E-state index contributed by atoms with van der Waals surface area (Å²) in [7, 11) is 0. The van der Waals surface area contributed by atoms with Gasteiger partial charge in [0.05, 0.1) is 5.02 Å². The standard InChI is InChI=1S/C9H4ClF3O/c10-7-3-1-2-5-6(9(11,12)13)4-14-8(5)7/h1-4H. The van der Waals surface area contributed by atoms with Crippen LogP contribution >= 0.6 is 11.6 Å². The quantitative estimate of drug-likeness (QED) is 0.651. The molecule has 0 fully saturated rings. The molecule has 0 spiro atoms. The van der Waals surface area contributed by atoms with Crippen LogP contribution in [0.25, 0.3) is 11.0 Å². The number of alkyl halides is 3. The second kappa shape index (κ2) is 2.92. The highest BCUT2D eigenvalue weighted by atomic mass is 35.5. The number of benzene rings is 1. The molecule has 0 bridgehead atoms. The molecular formula is C9H4ClF3O. The highest BCUT2D eigenvalue weighted by Crippen LogP contribution is 2.37. The third-order valence-corrected chi connectivity index (χ3v) is 2.15. The van der Waals surface area contributed by atoms with Gasteiger partial charge in [-0.1, -0.05) is 23.7 Å². The zero-order valence-corrected chi connectivity index (χ0v) is 7.49. The van der Waals surface area contributed by atoms with Gasteiger partial charge in [-0.3, -0.25) is 0 Å². The van der Waals surface area contributed by atoms with Crippen molar-refractivity contribution in [3.8, 4) is 0 Å². The average molecular weight is 221 g/mol. The van der Waals surface area contributed by atoms with Crippen molar-refractivity contribution >= 4 is 22.6 Å². The summed E-state index contributed by atoms with van der Waals surface area (Å²) in [6.45, 7) is 0. The topological polar surface area (TPSA) is 13.1 Å². The Morgan fingerprint density at radius 1 is 1.21 bits per heavy atom. The highest BCUT2D eigenvalue weighted by Gasteiger charge is 2.34. The van der Waals surface area contributed by atoms with E-state index >= 15 is 0 Å². The Labute approximate surface area is 82.1 Å². The second-order valence-electron chi connectivity index (χ2n) is 2.76. The molecule has 0 amide bonds. The van der Waals surface area contributed by atoms with Crippen molar-refractivity contribution in [1.29, 1.82) is 0 Å². The van der Waals surface area contributed by atoms with Crippen LogP contribution in [0.5, 0.6) is 0 Å². The first-order valence-electron chi connectivity index (χ1n) is 3.73. The van der Waals surface area contributed by atoms with Crippen molar-refractivity contribution in [2.45, 2.75) is 6.18 Å². The summed E-state index contributed by atoms with van der Waals surface area (Å²) in [5.41, 5.74) is -0.725. The largest absolute Gasteiger partial charge is 0.462 e. The molecule has 14 heavy (non-hydrogen) atoms. The van der Waals surface area contributed by atoms with Crippen LogP contribution in [0, 0.1) is 0 Å². The fourth-order valence-corrected chi connectivity index (χ4v) is 1.46. The molecule has 0 aliphatic heterocycles. The normalized spacial score (nSPS) is 12.3. The zero-order valence-electron chi connectivity index (χ0n) is 6.73. The Morgan fingerprint density at radius 3 is 2.57 bits per heavy atom. The summed E-state index contributed by atoms with van der Waals surface area (Å²) in [5.74, 6) is 0. The Hall–Kier alpha value is -1.16. The molecule has 1 heterocycles. The van der Waals surface area contributed by atoms with Gasteiger partial charge in [0, 0.05) is 5.39 Å². The van der Waals surface area contributed by atoms with Crippen LogP contribution in [0.2, 0.25) is 5.02 Å².